The first-order chi connectivity index (χ1) is 16.2. The van der Waals surface area contributed by atoms with E-state index in [1.807, 2.05) is 12.1 Å². The van der Waals surface area contributed by atoms with Crippen molar-refractivity contribution in [3.8, 4) is 5.75 Å². The third kappa shape index (κ3) is 9.30. The average molecular weight is 453 g/mol. The molecule has 1 aromatic rings. The van der Waals surface area contributed by atoms with Crippen molar-refractivity contribution in [2.45, 2.75) is 117 Å². The largest absolute Gasteiger partial charge is 0.426 e. The third-order valence-electron chi connectivity index (χ3n) is 8.13. The van der Waals surface area contributed by atoms with Gasteiger partial charge in [-0.3, -0.25) is 4.79 Å². The second kappa shape index (κ2) is 14.6. The van der Waals surface area contributed by atoms with Crippen molar-refractivity contribution in [1.82, 2.24) is 0 Å². The van der Waals surface area contributed by atoms with E-state index >= 15 is 0 Å². The summed E-state index contributed by atoms with van der Waals surface area (Å²) in [7, 11) is 0. The van der Waals surface area contributed by atoms with Gasteiger partial charge in [0.25, 0.3) is 0 Å². The van der Waals surface area contributed by atoms with Gasteiger partial charge in [-0.15, -0.1) is 0 Å². The first-order valence-electron chi connectivity index (χ1n) is 14.1. The number of allylic oxidation sites excluding steroid dienone is 2. The van der Waals surface area contributed by atoms with Gasteiger partial charge in [0.2, 0.25) is 0 Å². The molecule has 2 nitrogen and oxygen atoms in total. The Balaban J connectivity index is 1.31. The lowest BCUT2D eigenvalue weighted by molar-refractivity contribution is -0.140. The molecule has 0 aromatic heterocycles. The van der Waals surface area contributed by atoms with Crippen LogP contribution in [0.5, 0.6) is 5.75 Å². The summed E-state index contributed by atoms with van der Waals surface area (Å²) < 4.78 is 5.70. The van der Waals surface area contributed by atoms with Crippen LogP contribution < -0.4 is 4.74 Å². The summed E-state index contributed by atoms with van der Waals surface area (Å²) in [6.45, 7) is 4.55. The van der Waals surface area contributed by atoms with Gasteiger partial charge in [0.15, 0.2) is 0 Å². The number of aryl methyl sites for hydroxylation is 1. The van der Waals surface area contributed by atoms with Crippen LogP contribution in [0.1, 0.15) is 116 Å². The summed E-state index contributed by atoms with van der Waals surface area (Å²) in [5.74, 6) is 3.37. The minimum Gasteiger partial charge on any atom is -0.426 e. The maximum absolute atomic E-state index is 12.5. The summed E-state index contributed by atoms with van der Waals surface area (Å²) in [5.41, 5.74) is 1.32. The zero-order valence-electron chi connectivity index (χ0n) is 21.4. The maximum Gasteiger partial charge on any atom is 0.314 e. The van der Waals surface area contributed by atoms with E-state index in [0.717, 1.165) is 43.4 Å². The highest BCUT2D eigenvalue weighted by atomic mass is 16.5. The number of carbonyl (C=O) groups excluding carboxylic acids is 1. The Kier molecular flexibility index (Phi) is 11.6. The van der Waals surface area contributed by atoms with E-state index in [4.69, 9.17) is 4.74 Å². The molecule has 1 aromatic carbocycles. The van der Waals surface area contributed by atoms with Gasteiger partial charge in [-0.1, -0.05) is 76.7 Å². The van der Waals surface area contributed by atoms with Crippen molar-refractivity contribution >= 4 is 5.97 Å². The van der Waals surface area contributed by atoms with Gasteiger partial charge in [-0.2, -0.15) is 0 Å². The van der Waals surface area contributed by atoms with Crippen molar-refractivity contribution in [3.05, 3.63) is 42.0 Å². The molecule has 0 atom stereocenters. The van der Waals surface area contributed by atoms with E-state index in [2.05, 4.69) is 38.1 Å². The van der Waals surface area contributed by atoms with E-state index in [-0.39, 0.29) is 11.9 Å². The number of rotatable bonds is 12. The molecular weight excluding hydrogens is 404 g/mol. The summed E-state index contributed by atoms with van der Waals surface area (Å²) in [5, 5.41) is 0. The summed E-state index contributed by atoms with van der Waals surface area (Å²) in [6.07, 6.45) is 25.2. The quantitative estimate of drug-likeness (QED) is 0.137. The van der Waals surface area contributed by atoms with Gasteiger partial charge in [0.05, 0.1) is 5.92 Å². The maximum atomic E-state index is 12.5. The Morgan fingerprint density at radius 1 is 0.848 bits per heavy atom. The first-order valence-corrected chi connectivity index (χ1v) is 14.1. The van der Waals surface area contributed by atoms with Crippen LogP contribution in [0.2, 0.25) is 0 Å². The molecule has 0 heterocycles. The fourth-order valence-electron chi connectivity index (χ4n) is 5.91. The van der Waals surface area contributed by atoms with Gasteiger partial charge in [-0.25, -0.2) is 0 Å². The first kappa shape index (κ1) is 26.0. The number of hydrogen-bond acceptors (Lipinski definition) is 2. The predicted molar refractivity (Wildman–Crippen MR) is 139 cm³/mol. The fraction of sp³-hybridized carbons (Fsp3) is 0.710. The number of ether oxygens (including phenoxy) is 1. The standard InChI is InChI=1S/C31H48O2/c1-3-5-6-10-26-13-15-27(16-14-26)11-7-8-12-28-19-23-30(24-20-28)33-31(32)29-21-17-25(9-4-2)18-22-29/h7,11,19-20,23-27,29H,3-6,8-10,12-18,21-22H2,1-2H3/b11-7+/t25-,26-,27-,29-. The molecule has 2 heteroatoms. The van der Waals surface area contributed by atoms with E-state index in [9.17, 15) is 4.79 Å². The van der Waals surface area contributed by atoms with Gasteiger partial charge >= 0.3 is 5.97 Å². The second-order valence-electron chi connectivity index (χ2n) is 10.8. The highest BCUT2D eigenvalue weighted by Gasteiger charge is 2.27. The van der Waals surface area contributed by atoms with Crippen LogP contribution in [0, 0.1) is 23.7 Å². The van der Waals surface area contributed by atoms with Gasteiger partial charge in [-0.05, 0) is 99.7 Å². The van der Waals surface area contributed by atoms with Crippen LogP contribution in [-0.2, 0) is 11.2 Å². The lowest BCUT2D eigenvalue weighted by atomic mass is 9.79. The van der Waals surface area contributed by atoms with Crippen LogP contribution >= 0.6 is 0 Å². The summed E-state index contributed by atoms with van der Waals surface area (Å²) in [6, 6.07) is 8.19. The van der Waals surface area contributed by atoms with Gasteiger partial charge in [0.1, 0.15) is 5.75 Å². The number of benzene rings is 1. The third-order valence-corrected chi connectivity index (χ3v) is 8.13. The normalized spacial score (nSPS) is 25.9. The molecular formula is C31H48O2. The van der Waals surface area contributed by atoms with Crippen molar-refractivity contribution in [2.75, 3.05) is 0 Å². The molecule has 0 bridgehead atoms. The topological polar surface area (TPSA) is 26.3 Å². The molecule has 0 spiro atoms. The number of carbonyl (C=O) groups is 1. The minimum atomic E-state index is -0.0271. The molecule has 3 rings (SSSR count). The molecule has 2 aliphatic carbocycles. The van der Waals surface area contributed by atoms with Crippen molar-refractivity contribution in [3.63, 3.8) is 0 Å². The number of hydrogen-bond donors (Lipinski definition) is 0. The highest BCUT2D eigenvalue weighted by molar-refractivity contribution is 5.75. The van der Waals surface area contributed by atoms with E-state index in [0.29, 0.717) is 5.75 Å². The van der Waals surface area contributed by atoms with Crippen LogP contribution in [0.3, 0.4) is 0 Å². The molecule has 0 unspecified atom stereocenters. The molecule has 2 aliphatic rings. The monoisotopic (exact) mass is 452 g/mol. The molecule has 33 heavy (non-hydrogen) atoms. The molecule has 0 radical (unpaired) electrons. The molecule has 0 amide bonds. The molecule has 0 N–H and O–H groups in total. The Labute approximate surface area is 203 Å². The fourth-order valence-corrected chi connectivity index (χ4v) is 5.91. The molecule has 0 saturated heterocycles. The van der Waals surface area contributed by atoms with Gasteiger partial charge in [0, 0.05) is 0 Å². The van der Waals surface area contributed by atoms with Crippen molar-refractivity contribution in [1.29, 1.82) is 0 Å². The Morgan fingerprint density at radius 3 is 2.18 bits per heavy atom. The summed E-state index contributed by atoms with van der Waals surface area (Å²) >= 11 is 0. The number of unbranched alkanes of at least 4 members (excludes halogenated alkanes) is 2. The van der Waals surface area contributed by atoms with Gasteiger partial charge < -0.3 is 4.74 Å². The van der Waals surface area contributed by atoms with E-state index in [1.165, 1.54) is 82.6 Å². The zero-order chi connectivity index (χ0) is 23.3. The van der Waals surface area contributed by atoms with Crippen LogP contribution in [-0.4, -0.2) is 5.97 Å². The average Bonchev–Trinajstić information content (AvgIpc) is 2.84. The van der Waals surface area contributed by atoms with Crippen LogP contribution in [0.15, 0.2) is 36.4 Å². The summed E-state index contributed by atoms with van der Waals surface area (Å²) in [4.78, 5) is 12.5. The SMILES string of the molecule is CCCCC[C@H]1CC[C@H](/C=C/CCc2ccc(OC(=O)[C@H]3CC[C@H](CCC)CC3)cc2)CC1. The highest BCUT2D eigenvalue weighted by Crippen LogP contribution is 2.33. The molecule has 2 saturated carbocycles. The predicted octanol–water partition coefficient (Wildman–Crippen LogP) is 9.07. The van der Waals surface area contributed by atoms with Crippen LogP contribution in [0.4, 0.5) is 0 Å². The van der Waals surface area contributed by atoms with E-state index < -0.39 is 0 Å². The molecule has 0 aliphatic heterocycles. The zero-order valence-corrected chi connectivity index (χ0v) is 21.4. The Morgan fingerprint density at radius 2 is 1.52 bits per heavy atom. The molecule has 2 fully saturated rings. The molecule has 184 valence electrons. The Hall–Kier alpha value is -1.57. The smallest absolute Gasteiger partial charge is 0.314 e. The van der Waals surface area contributed by atoms with E-state index in [1.54, 1.807) is 0 Å². The lowest BCUT2D eigenvalue weighted by Crippen LogP contribution is -2.25. The lowest BCUT2D eigenvalue weighted by Gasteiger charge is -2.26. The minimum absolute atomic E-state index is 0.0271. The number of esters is 1. The Bertz CT molecular complexity index is 688. The van der Waals surface area contributed by atoms with Crippen molar-refractivity contribution in [2.24, 2.45) is 23.7 Å². The van der Waals surface area contributed by atoms with Crippen LogP contribution in [0.25, 0.3) is 0 Å². The second-order valence-corrected chi connectivity index (χ2v) is 10.8. The van der Waals surface area contributed by atoms with Crippen molar-refractivity contribution < 1.29 is 9.53 Å².